The molecule has 0 atom stereocenters. The molecular weight excluding hydrogens is 396 g/mol. The van der Waals surface area contributed by atoms with Crippen molar-refractivity contribution in [3.8, 4) is 11.5 Å². The maximum absolute atomic E-state index is 13.1. The first-order chi connectivity index (χ1) is 14.7. The SMILES string of the molecule is COc1cccc(C=c2sc3nc4ccccc4n3c2=O)c1OCc1ccccc1. The predicted octanol–water partition coefficient (Wildman–Crippen LogP) is 4.04. The summed E-state index contributed by atoms with van der Waals surface area (Å²) < 4.78 is 13.9. The van der Waals surface area contributed by atoms with Crippen molar-refractivity contribution in [3.63, 3.8) is 0 Å². The number of nitrogens with zero attached hydrogens (tertiary/aromatic N) is 2. The molecule has 0 aliphatic rings. The number of hydrogen-bond donors (Lipinski definition) is 0. The van der Waals surface area contributed by atoms with Crippen LogP contribution in [0.3, 0.4) is 0 Å². The van der Waals surface area contributed by atoms with Crippen molar-refractivity contribution in [3.05, 3.63) is 98.8 Å². The number of fused-ring (bicyclic) bond motifs is 3. The van der Waals surface area contributed by atoms with Crippen LogP contribution < -0.4 is 19.6 Å². The number of para-hydroxylation sites is 3. The van der Waals surface area contributed by atoms with E-state index < -0.39 is 0 Å². The molecule has 3 aromatic carbocycles. The van der Waals surface area contributed by atoms with Crippen LogP contribution >= 0.6 is 11.3 Å². The summed E-state index contributed by atoms with van der Waals surface area (Å²) in [5.74, 6) is 1.23. The molecule has 0 fully saturated rings. The fraction of sp³-hybridized carbons (Fsp3) is 0.0833. The van der Waals surface area contributed by atoms with Crippen molar-refractivity contribution in [2.24, 2.45) is 0 Å². The van der Waals surface area contributed by atoms with Crippen molar-refractivity contribution in [1.29, 1.82) is 0 Å². The molecule has 0 N–H and O–H groups in total. The van der Waals surface area contributed by atoms with Gasteiger partial charge >= 0.3 is 0 Å². The standard InChI is InChI=1S/C24H18N2O3S/c1-28-20-13-7-10-17(22(20)29-15-16-8-3-2-4-9-16)14-21-23(27)26-19-12-6-5-11-18(19)25-24(26)30-21/h2-14H,15H2,1H3. The van der Waals surface area contributed by atoms with Gasteiger partial charge in [0, 0.05) is 5.56 Å². The van der Waals surface area contributed by atoms with Crippen LogP contribution in [0.5, 0.6) is 11.5 Å². The molecule has 5 aromatic rings. The summed E-state index contributed by atoms with van der Waals surface area (Å²) in [5.41, 5.74) is 3.40. The summed E-state index contributed by atoms with van der Waals surface area (Å²) >= 11 is 1.37. The maximum atomic E-state index is 13.1. The van der Waals surface area contributed by atoms with Gasteiger partial charge in [-0.2, -0.15) is 0 Å². The Morgan fingerprint density at radius 1 is 1.00 bits per heavy atom. The minimum absolute atomic E-state index is 0.0828. The third-order valence-electron chi connectivity index (χ3n) is 4.89. The number of rotatable bonds is 5. The van der Waals surface area contributed by atoms with Gasteiger partial charge in [-0.25, -0.2) is 9.38 Å². The Kier molecular flexibility index (Phi) is 4.69. The second-order valence-corrected chi connectivity index (χ2v) is 7.80. The van der Waals surface area contributed by atoms with E-state index in [1.54, 1.807) is 11.5 Å². The molecule has 0 saturated carbocycles. The maximum Gasteiger partial charge on any atom is 0.274 e. The van der Waals surface area contributed by atoms with Gasteiger partial charge in [0.05, 0.1) is 22.7 Å². The summed E-state index contributed by atoms with van der Waals surface area (Å²) in [5, 5.41) is 0. The van der Waals surface area contributed by atoms with E-state index >= 15 is 0 Å². The van der Waals surface area contributed by atoms with Gasteiger partial charge in [-0.1, -0.05) is 65.9 Å². The van der Waals surface area contributed by atoms with Gasteiger partial charge < -0.3 is 9.47 Å². The second kappa shape index (κ2) is 7.65. The van der Waals surface area contributed by atoms with E-state index in [9.17, 15) is 4.79 Å². The highest BCUT2D eigenvalue weighted by atomic mass is 32.1. The third-order valence-corrected chi connectivity index (χ3v) is 5.86. The molecule has 6 heteroatoms. The average molecular weight is 414 g/mol. The smallest absolute Gasteiger partial charge is 0.274 e. The second-order valence-electron chi connectivity index (χ2n) is 6.79. The number of imidazole rings is 1. The Morgan fingerprint density at radius 3 is 2.63 bits per heavy atom. The molecular formula is C24H18N2O3S. The quantitative estimate of drug-likeness (QED) is 0.436. The van der Waals surface area contributed by atoms with Crippen LogP contribution in [0.4, 0.5) is 0 Å². The van der Waals surface area contributed by atoms with Gasteiger partial charge in [-0.3, -0.25) is 4.79 Å². The molecule has 2 aromatic heterocycles. The van der Waals surface area contributed by atoms with Gasteiger partial charge in [-0.15, -0.1) is 0 Å². The fourth-order valence-corrected chi connectivity index (χ4v) is 4.42. The van der Waals surface area contributed by atoms with E-state index in [4.69, 9.17) is 9.47 Å². The van der Waals surface area contributed by atoms with Crippen LogP contribution in [0.25, 0.3) is 22.1 Å². The van der Waals surface area contributed by atoms with Crippen LogP contribution in [0.15, 0.2) is 77.6 Å². The lowest BCUT2D eigenvalue weighted by atomic mass is 10.1. The number of methoxy groups -OCH3 is 1. The van der Waals surface area contributed by atoms with Crippen LogP contribution in [-0.2, 0) is 6.61 Å². The first-order valence-corrected chi connectivity index (χ1v) is 10.3. The fourth-order valence-electron chi connectivity index (χ4n) is 3.44. The number of hydrogen-bond acceptors (Lipinski definition) is 5. The molecule has 5 rings (SSSR count). The normalized spacial score (nSPS) is 12.0. The number of ether oxygens (including phenoxy) is 2. The summed E-state index contributed by atoms with van der Waals surface area (Å²) in [6.45, 7) is 0.407. The molecule has 5 nitrogen and oxygen atoms in total. The van der Waals surface area contributed by atoms with Crippen molar-refractivity contribution >= 4 is 33.4 Å². The van der Waals surface area contributed by atoms with Crippen molar-refractivity contribution in [2.45, 2.75) is 6.61 Å². The zero-order valence-electron chi connectivity index (χ0n) is 16.2. The van der Waals surface area contributed by atoms with Gasteiger partial charge in [0.2, 0.25) is 0 Å². The molecule has 0 spiro atoms. The summed E-state index contributed by atoms with van der Waals surface area (Å²) in [6.07, 6.45) is 1.85. The molecule has 0 saturated heterocycles. The predicted molar refractivity (Wildman–Crippen MR) is 119 cm³/mol. The van der Waals surface area contributed by atoms with E-state index in [0.717, 1.165) is 22.2 Å². The van der Waals surface area contributed by atoms with Crippen LogP contribution in [0.1, 0.15) is 11.1 Å². The number of aromatic nitrogens is 2. The van der Waals surface area contributed by atoms with Gasteiger partial charge in [0.25, 0.3) is 5.56 Å². The lowest BCUT2D eigenvalue weighted by Gasteiger charge is -2.13. The molecule has 0 aliphatic carbocycles. The van der Waals surface area contributed by atoms with Gasteiger partial charge in [0.15, 0.2) is 16.5 Å². The topological polar surface area (TPSA) is 52.8 Å². The Morgan fingerprint density at radius 2 is 1.80 bits per heavy atom. The van der Waals surface area contributed by atoms with Crippen molar-refractivity contribution < 1.29 is 9.47 Å². The molecule has 0 unspecified atom stereocenters. The Bertz CT molecular complexity index is 1450. The van der Waals surface area contributed by atoms with E-state index in [2.05, 4.69) is 4.98 Å². The molecule has 0 amide bonds. The number of thiazole rings is 1. The Labute approximate surface area is 176 Å². The van der Waals surface area contributed by atoms with Gasteiger partial charge in [0.1, 0.15) is 6.61 Å². The molecule has 2 heterocycles. The number of benzene rings is 3. The molecule has 0 bridgehead atoms. The summed E-state index contributed by atoms with van der Waals surface area (Å²) in [6, 6.07) is 23.2. The van der Waals surface area contributed by atoms with Crippen LogP contribution in [-0.4, -0.2) is 16.5 Å². The van der Waals surface area contributed by atoms with E-state index in [0.29, 0.717) is 27.6 Å². The zero-order valence-corrected chi connectivity index (χ0v) is 17.1. The average Bonchev–Trinajstić information content (AvgIpc) is 3.29. The summed E-state index contributed by atoms with van der Waals surface area (Å²) in [4.78, 5) is 18.3. The van der Waals surface area contributed by atoms with E-state index in [1.165, 1.54) is 11.3 Å². The zero-order chi connectivity index (χ0) is 20.5. The molecule has 0 radical (unpaired) electrons. The monoisotopic (exact) mass is 414 g/mol. The van der Waals surface area contributed by atoms with Crippen LogP contribution in [0.2, 0.25) is 0 Å². The Balaban J connectivity index is 1.61. The lowest BCUT2D eigenvalue weighted by Crippen LogP contribution is -2.22. The summed E-state index contributed by atoms with van der Waals surface area (Å²) in [7, 11) is 1.61. The molecule has 148 valence electrons. The van der Waals surface area contributed by atoms with Crippen LogP contribution in [0, 0.1) is 0 Å². The molecule has 0 aliphatic heterocycles. The van der Waals surface area contributed by atoms with Crippen molar-refractivity contribution in [1.82, 2.24) is 9.38 Å². The highest BCUT2D eigenvalue weighted by Gasteiger charge is 2.13. The van der Waals surface area contributed by atoms with Crippen molar-refractivity contribution in [2.75, 3.05) is 7.11 Å². The minimum atomic E-state index is -0.0828. The first kappa shape index (κ1) is 18.4. The molecule has 30 heavy (non-hydrogen) atoms. The minimum Gasteiger partial charge on any atom is -0.493 e. The Hall–Kier alpha value is -3.64. The van der Waals surface area contributed by atoms with E-state index in [-0.39, 0.29) is 5.56 Å². The lowest BCUT2D eigenvalue weighted by molar-refractivity contribution is 0.284. The largest absolute Gasteiger partial charge is 0.493 e. The third kappa shape index (κ3) is 3.21. The van der Waals surface area contributed by atoms with E-state index in [1.807, 2.05) is 78.9 Å². The highest BCUT2D eigenvalue weighted by Crippen LogP contribution is 2.32. The highest BCUT2D eigenvalue weighted by molar-refractivity contribution is 7.15. The first-order valence-electron chi connectivity index (χ1n) is 9.50. The van der Waals surface area contributed by atoms with Gasteiger partial charge in [-0.05, 0) is 29.8 Å².